The summed E-state index contributed by atoms with van der Waals surface area (Å²) < 4.78 is 5.28. The number of benzene rings is 1. The van der Waals surface area contributed by atoms with Crippen LogP contribution in [0, 0.1) is 16.0 Å². The third kappa shape index (κ3) is 4.62. The highest BCUT2D eigenvalue weighted by Crippen LogP contribution is 2.26. The van der Waals surface area contributed by atoms with E-state index in [1.807, 2.05) is 6.07 Å². The zero-order valence-corrected chi connectivity index (χ0v) is 15.2. The van der Waals surface area contributed by atoms with Crippen molar-refractivity contribution in [3.05, 3.63) is 46.3 Å². The molecule has 9 heteroatoms. The standard InChI is InChI=1S/C18H23N5O4/c1-27-16-5-4-15(23(25)26)7-14(16)9-19-17-8-18(21-12-20-17)22-6-2-3-13(10-22)11-24/h4-5,7-8,12-13,24H,2-3,6,9-11H2,1H3,(H,19,20,21). The fourth-order valence-electron chi connectivity index (χ4n) is 3.24. The van der Waals surface area contributed by atoms with Crippen molar-refractivity contribution in [1.29, 1.82) is 0 Å². The van der Waals surface area contributed by atoms with Crippen LogP contribution in [0.15, 0.2) is 30.6 Å². The quantitative estimate of drug-likeness (QED) is 0.561. The van der Waals surface area contributed by atoms with Crippen LogP contribution in [-0.4, -0.2) is 46.8 Å². The molecule has 1 fully saturated rings. The average molecular weight is 373 g/mol. The Hall–Kier alpha value is -2.94. The number of nitro groups is 1. The molecule has 0 saturated carbocycles. The summed E-state index contributed by atoms with van der Waals surface area (Å²) in [6.07, 6.45) is 3.53. The summed E-state index contributed by atoms with van der Waals surface area (Å²) in [4.78, 5) is 21.3. The third-order valence-corrected chi connectivity index (χ3v) is 4.69. The minimum atomic E-state index is -0.431. The minimum absolute atomic E-state index is 0.0133. The lowest BCUT2D eigenvalue weighted by Crippen LogP contribution is -2.37. The summed E-state index contributed by atoms with van der Waals surface area (Å²) in [6.45, 7) is 2.18. The number of aliphatic hydroxyl groups excluding tert-OH is 1. The normalized spacial score (nSPS) is 16.8. The highest BCUT2D eigenvalue weighted by atomic mass is 16.6. The Kier molecular flexibility index (Phi) is 6.02. The van der Waals surface area contributed by atoms with Crippen LogP contribution < -0.4 is 15.0 Å². The lowest BCUT2D eigenvalue weighted by molar-refractivity contribution is -0.384. The SMILES string of the molecule is COc1ccc([N+](=O)[O-])cc1CNc1cc(N2CCCC(CO)C2)ncn1. The number of anilines is 2. The molecule has 1 aliphatic heterocycles. The van der Waals surface area contributed by atoms with E-state index < -0.39 is 4.92 Å². The maximum atomic E-state index is 11.0. The van der Waals surface area contributed by atoms with Gasteiger partial charge < -0.3 is 20.1 Å². The van der Waals surface area contributed by atoms with E-state index in [9.17, 15) is 15.2 Å². The molecule has 27 heavy (non-hydrogen) atoms. The maximum Gasteiger partial charge on any atom is 0.270 e. The highest BCUT2D eigenvalue weighted by molar-refractivity contribution is 5.50. The van der Waals surface area contributed by atoms with Gasteiger partial charge in [-0.1, -0.05) is 0 Å². The smallest absolute Gasteiger partial charge is 0.270 e. The van der Waals surface area contributed by atoms with Gasteiger partial charge in [-0.2, -0.15) is 0 Å². The second-order valence-corrected chi connectivity index (χ2v) is 6.51. The molecule has 1 aromatic carbocycles. The molecule has 0 radical (unpaired) electrons. The van der Waals surface area contributed by atoms with Crippen LogP contribution in [0.25, 0.3) is 0 Å². The van der Waals surface area contributed by atoms with Crippen molar-refractivity contribution >= 4 is 17.3 Å². The van der Waals surface area contributed by atoms with E-state index in [0.29, 0.717) is 23.7 Å². The zero-order chi connectivity index (χ0) is 19.2. The number of aliphatic hydroxyl groups is 1. The Morgan fingerprint density at radius 2 is 2.26 bits per heavy atom. The topological polar surface area (TPSA) is 114 Å². The molecule has 2 heterocycles. The molecule has 1 saturated heterocycles. The van der Waals surface area contributed by atoms with Crippen molar-refractivity contribution in [2.75, 3.05) is 37.0 Å². The van der Waals surface area contributed by atoms with Crippen LogP contribution in [0.5, 0.6) is 5.75 Å². The van der Waals surface area contributed by atoms with Gasteiger partial charge in [0.1, 0.15) is 23.7 Å². The molecule has 0 amide bonds. The van der Waals surface area contributed by atoms with Gasteiger partial charge in [-0.15, -0.1) is 0 Å². The van der Waals surface area contributed by atoms with Gasteiger partial charge in [0.05, 0.1) is 12.0 Å². The largest absolute Gasteiger partial charge is 0.496 e. The lowest BCUT2D eigenvalue weighted by atomic mass is 9.99. The summed E-state index contributed by atoms with van der Waals surface area (Å²) in [5.74, 6) is 2.26. The molecule has 1 unspecified atom stereocenters. The Balaban J connectivity index is 1.72. The van der Waals surface area contributed by atoms with Gasteiger partial charge in [0.15, 0.2) is 0 Å². The summed E-state index contributed by atoms with van der Waals surface area (Å²) in [6, 6.07) is 6.34. The average Bonchev–Trinajstić information content (AvgIpc) is 2.72. The molecule has 0 spiro atoms. The van der Waals surface area contributed by atoms with Crippen LogP contribution >= 0.6 is 0 Å². The van der Waals surface area contributed by atoms with Crippen LogP contribution in [0.4, 0.5) is 17.3 Å². The van der Waals surface area contributed by atoms with Crippen LogP contribution in [0.3, 0.4) is 0 Å². The van der Waals surface area contributed by atoms with Crippen molar-refractivity contribution in [2.24, 2.45) is 5.92 Å². The van der Waals surface area contributed by atoms with Gasteiger partial charge >= 0.3 is 0 Å². The van der Waals surface area contributed by atoms with E-state index in [1.54, 1.807) is 6.07 Å². The van der Waals surface area contributed by atoms with Crippen molar-refractivity contribution < 1.29 is 14.8 Å². The molecule has 0 bridgehead atoms. The van der Waals surface area contributed by atoms with Gasteiger partial charge in [0.25, 0.3) is 5.69 Å². The maximum absolute atomic E-state index is 11.0. The monoisotopic (exact) mass is 373 g/mol. The van der Waals surface area contributed by atoms with Gasteiger partial charge in [-0.25, -0.2) is 9.97 Å². The minimum Gasteiger partial charge on any atom is -0.496 e. The summed E-state index contributed by atoms with van der Waals surface area (Å²) in [5.41, 5.74) is 0.685. The molecule has 2 aromatic rings. The van der Waals surface area contributed by atoms with E-state index >= 15 is 0 Å². The number of hydrogen-bond donors (Lipinski definition) is 2. The number of ether oxygens (including phenoxy) is 1. The highest BCUT2D eigenvalue weighted by Gasteiger charge is 2.20. The van der Waals surface area contributed by atoms with Crippen molar-refractivity contribution in [1.82, 2.24) is 9.97 Å². The lowest BCUT2D eigenvalue weighted by Gasteiger charge is -2.32. The van der Waals surface area contributed by atoms with E-state index in [2.05, 4.69) is 20.2 Å². The number of hydrogen-bond acceptors (Lipinski definition) is 8. The van der Waals surface area contributed by atoms with Crippen LogP contribution in [0.1, 0.15) is 18.4 Å². The molecule has 9 nitrogen and oxygen atoms in total. The summed E-state index contributed by atoms with van der Waals surface area (Å²) in [7, 11) is 1.53. The van der Waals surface area contributed by atoms with E-state index in [4.69, 9.17) is 4.74 Å². The Morgan fingerprint density at radius 3 is 3.00 bits per heavy atom. The summed E-state index contributed by atoms with van der Waals surface area (Å²) >= 11 is 0. The number of nitrogens with one attached hydrogen (secondary N) is 1. The number of aromatic nitrogens is 2. The fraction of sp³-hybridized carbons (Fsp3) is 0.444. The van der Waals surface area contributed by atoms with Crippen molar-refractivity contribution in [2.45, 2.75) is 19.4 Å². The molecule has 2 N–H and O–H groups in total. The van der Waals surface area contributed by atoms with Crippen molar-refractivity contribution in [3.63, 3.8) is 0 Å². The number of nitro benzene ring substituents is 1. The summed E-state index contributed by atoms with van der Waals surface area (Å²) in [5, 5.41) is 23.6. The molecule has 3 rings (SSSR count). The van der Waals surface area contributed by atoms with Gasteiger partial charge in [0.2, 0.25) is 0 Å². The molecule has 144 valence electrons. The first-order chi connectivity index (χ1) is 13.1. The van der Waals surface area contributed by atoms with Gasteiger partial charge in [-0.05, 0) is 24.8 Å². The number of rotatable bonds is 7. The first-order valence-electron chi connectivity index (χ1n) is 8.83. The number of non-ortho nitro benzene ring substituents is 1. The van der Waals surface area contributed by atoms with E-state index in [-0.39, 0.29) is 18.2 Å². The Morgan fingerprint density at radius 1 is 1.41 bits per heavy atom. The van der Waals surface area contributed by atoms with E-state index in [0.717, 1.165) is 31.7 Å². The second kappa shape index (κ2) is 8.63. The molecule has 1 aliphatic rings. The molecular weight excluding hydrogens is 350 g/mol. The molecule has 0 aliphatic carbocycles. The predicted molar refractivity (Wildman–Crippen MR) is 101 cm³/mol. The first kappa shape index (κ1) is 18.8. The number of nitrogens with zero attached hydrogens (tertiary/aromatic N) is 4. The van der Waals surface area contributed by atoms with Crippen molar-refractivity contribution in [3.8, 4) is 5.75 Å². The molecule has 1 aromatic heterocycles. The third-order valence-electron chi connectivity index (χ3n) is 4.69. The fourth-order valence-corrected chi connectivity index (χ4v) is 3.24. The van der Waals surface area contributed by atoms with Gasteiger partial charge in [0, 0.05) is 50.0 Å². The van der Waals surface area contributed by atoms with E-state index in [1.165, 1.54) is 25.6 Å². The van der Waals surface area contributed by atoms with Crippen LogP contribution in [0.2, 0.25) is 0 Å². The number of piperidine rings is 1. The number of methoxy groups -OCH3 is 1. The molecular formula is C18H23N5O4. The van der Waals surface area contributed by atoms with Crippen LogP contribution in [-0.2, 0) is 6.54 Å². The first-order valence-corrected chi connectivity index (χ1v) is 8.83. The zero-order valence-electron chi connectivity index (χ0n) is 15.2. The van der Waals surface area contributed by atoms with Gasteiger partial charge in [-0.3, -0.25) is 10.1 Å². The Labute approximate surface area is 157 Å². The second-order valence-electron chi connectivity index (χ2n) is 6.51. The Bertz CT molecular complexity index is 801. The molecule has 1 atom stereocenters. The predicted octanol–water partition coefficient (Wildman–Crippen LogP) is 2.21.